The summed E-state index contributed by atoms with van der Waals surface area (Å²) in [6.45, 7) is 1.83. The van der Waals surface area contributed by atoms with Crippen molar-refractivity contribution in [3.63, 3.8) is 0 Å². The first-order chi connectivity index (χ1) is 11.6. The van der Waals surface area contributed by atoms with Crippen LogP contribution in [0, 0.1) is 6.92 Å². The molecule has 0 atom stereocenters. The second-order valence-corrected chi connectivity index (χ2v) is 6.35. The minimum atomic E-state index is -0.342. The Hall–Kier alpha value is -3.00. The molecule has 0 radical (unpaired) electrons. The number of rotatable bonds is 3. The van der Waals surface area contributed by atoms with E-state index in [-0.39, 0.29) is 18.0 Å². The molecule has 0 aliphatic rings. The quantitative estimate of drug-likeness (QED) is 0.599. The Morgan fingerprint density at radius 3 is 3.04 bits per heavy atom. The van der Waals surface area contributed by atoms with Crippen LogP contribution in [0.2, 0.25) is 0 Å². The summed E-state index contributed by atoms with van der Waals surface area (Å²) in [5, 5.41) is 10.7. The Morgan fingerprint density at radius 1 is 1.38 bits per heavy atom. The van der Waals surface area contributed by atoms with Crippen molar-refractivity contribution in [2.75, 3.05) is 5.32 Å². The van der Waals surface area contributed by atoms with Crippen LogP contribution < -0.4 is 10.9 Å². The molecule has 1 aromatic carbocycles. The Kier molecular flexibility index (Phi) is 3.39. The van der Waals surface area contributed by atoms with Gasteiger partial charge >= 0.3 is 0 Å². The van der Waals surface area contributed by atoms with Gasteiger partial charge in [-0.2, -0.15) is 5.10 Å². The molecule has 0 saturated carbocycles. The predicted octanol–water partition coefficient (Wildman–Crippen LogP) is 2.28. The van der Waals surface area contributed by atoms with E-state index in [1.54, 1.807) is 17.8 Å². The van der Waals surface area contributed by atoms with Crippen molar-refractivity contribution < 1.29 is 4.79 Å². The number of carbonyl (C=O) groups is 1. The fraction of sp³-hybridized carbons (Fsp3) is 0.125. The molecule has 0 spiro atoms. The van der Waals surface area contributed by atoms with E-state index in [1.807, 2.05) is 25.1 Å². The number of thiazole rings is 1. The van der Waals surface area contributed by atoms with Crippen LogP contribution >= 0.6 is 11.3 Å². The fourth-order valence-electron chi connectivity index (χ4n) is 2.63. The Morgan fingerprint density at radius 2 is 2.25 bits per heavy atom. The number of aromatic amines is 1. The molecule has 0 aliphatic carbocycles. The van der Waals surface area contributed by atoms with Crippen molar-refractivity contribution in [2.24, 2.45) is 0 Å². The molecule has 120 valence electrons. The van der Waals surface area contributed by atoms with Crippen molar-refractivity contribution in [3.8, 4) is 0 Å². The van der Waals surface area contributed by atoms with E-state index in [9.17, 15) is 9.59 Å². The number of nitrogens with zero attached hydrogens (tertiary/aromatic N) is 3. The lowest BCUT2D eigenvalue weighted by Crippen LogP contribution is -2.29. The minimum Gasteiger partial charge on any atom is -0.350 e. The van der Waals surface area contributed by atoms with Gasteiger partial charge in [0.2, 0.25) is 5.91 Å². The fourth-order valence-corrected chi connectivity index (χ4v) is 3.18. The third-order valence-corrected chi connectivity index (χ3v) is 4.43. The van der Waals surface area contributed by atoms with Crippen molar-refractivity contribution in [1.29, 1.82) is 0 Å². The zero-order chi connectivity index (χ0) is 16.7. The van der Waals surface area contributed by atoms with Gasteiger partial charge in [0, 0.05) is 27.9 Å². The zero-order valence-electron chi connectivity index (χ0n) is 12.7. The van der Waals surface area contributed by atoms with E-state index < -0.39 is 0 Å². The third kappa shape index (κ3) is 2.46. The Labute approximate surface area is 140 Å². The molecule has 8 heteroatoms. The summed E-state index contributed by atoms with van der Waals surface area (Å²) >= 11 is 1.32. The van der Waals surface area contributed by atoms with E-state index in [4.69, 9.17) is 0 Å². The normalized spacial score (nSPS) is 11.2. The zero-order valence-corrected chi connectivity index (χ0v) is 13.6. The molecule has 0 bridgehead atoms. The standard InChI is InChI=1S/C16H13N5O2S/c1-9-2-3-12-10(6-9)11-7-18-21(15(23)14(11)19-12)8-13(22)20-16-17-4-5-24-16/h2-7,19H,8H2,1H3,(H,17,20,22). The topological polar surface area (TPSA) is 92.7 Å². The molecule has 7 nitrogen and oxygen atoms in total. The van der Waals surface area contributed by atoms with Crippen molar-refractivity contribution in [2.45, 2.75) is 13.5 Å². The summed E-state index contributed by atoms with van der Waals surface area (Å²) in [5.41, 5.74) is 2.11. The summed E-state index contributed by atoms with van der Waals surface area (Å²) in [5.74, 6) is -0.342. The second kappa shape index (κ2) is 5.57. The van der Waals surface area contributed by atoms with Gasteiger partial charge in [-0.25, -0.2) is 9.67 Å². The molecular weight excluding hydrogens is 326 g/mol. The van der Waals surface area contributed by atoms with E-state index >= 15 is 0 Å². The molecule has 4 aromatic rings. The van der Waals surface area contributed by atoms with Crippen molar-refractivity contribution in [1.82, 2.24) is 19.7 Å². The van der Waals surface area contributed by atoms with Crippen molar-refractivity contribution >= 4 is 44.2 Å². The second-order valence-electron chi connectivity index (χ2n) is 5.46. The highest BCUT2D eigenvalue weighted by Gasteiger charge is 2.13. The van der Waals surface area contributed by atoms with Crippen LogP contribution in [-0.2, 0) is 11.3 Å². The summed E-state index contributed by atoms with van der Waals surface area (Å²) in [6, 6.07) is 5.92. The molecule has 4 rings (SSSR count). The Balaban J connectivity index is 1.72. The highest BCUT2D eigenvalue weighted by atomic mass is 32.1. The van der Waals surface area contributed by atoms with Gasteiger partial charge in [-0.05, 0) is 19.1 Å². The van der Waals surface area contributed by atoms with Gasteiger partial charge in [0.1, 0.15) is 12.1 Å². The van der Waals surface area contributed by atoms with Gasteiger partial charge in [-0.3, -0.25) is 9.59 Å². The van der Waals surface area contributed by atoms with E-state index in [1.165, 1.54) is 11.3 Å². The van der Waals surface area contributed by atoms with E-state index in [0.29, 0.717) is 10.6 Å². The lowest BCUT2D eigenvalue weighted by Gasteiger charge is -2.04. The average Bonchev–Trinajstić information content (AvgIpc) is 3.18. The van der Waals surface area contributed by atoms with Gasteiger partial charge in [-0.15, -0.1) is 11.3 Å². The molecule has 2 N–H and O–H groups in total. The lowest BCUT2D eigenvalue weighted by molar-refractivity contribution is -0.117. The summed E-state index contributed by atoms with van der Waals surface area (Å²) < 4.78 is 1.15. The number of H-pyrrole nitrogens is 1. The number of benzene rings is 1. The van der Waals surface area contributed by atoms with Gasteiger partial charge in [0.15, 0.2) is 5.13 Å². The molecule has 1 amide bonds. The van der Waals surface area contributed by atoms with Gasteiger partial charge in [0.05, 0.1) is 6.20 Å². The van der Waals surface area contributed by atoms with E-state index in [0.717, 1.165) is 26.5 Å². The third-order valence-electron chi connectivity index (χ3n) is 3.74. The summed E-state index contributed by atoms with van der Waals surface area (Å²) in [4.78, 5) is 31.7. The number of carbonyl (C=O) groups excluding carboxylic acids is 1. The minimum absolute atomic E-state index is 0.164. The first-order valence-electron chi connectivity index (χ1n) is 7.29. The number of nitrogens with one attached hydrogen (secondary N) is 2. The molecule has 0 unspecified atom stereocenters. The molecule has 0 aliphatic heterocycles. The number of hydrogen-bond acceptors (Lipinski definition) is 5. The maximum absolute atomic E-state index is 12.6. The molecular formula is C16H13N5O2S. The van der Waals surface area contributed by atoms with Gasteiger partial charge in [-0.1, -0.05) is 11.6 Å². The largest absolute Gasteiger partial charge is 0.350 e. The summed E-state index contributed by atoms with van der Waals surface area (Å²) in [7, 11) is 0. The number of aromatic nitrogens is 4. The van der Waals surface area contributed by atoms with Crippen LogP contribution in [-0.4, -0.2) is 25.7 Å². The first-order valence-corrected chi connectivity index (χ1v) is 8.17. The number of hydrogen-bond donors (Lipinski definition) is 2. The van der Waals surface area contributed by atoms with Crippen LogP contribution in [0.5, 0.6) is 0 Å². The summed E-state index contributed by atoms with van der Waals surface area (Å²) in [6.07, 6.45) is 3.22. The molecule has 24 heavy (non-hydrogen) atoms. The van der Waals surface area contributed by atoms with Gasteiger partial charge < -0.3 is 10.3 Å². The lowest BCUT2D eigenvalue weighted by atomic mass is 10.1. The monoisotopic (exact) mass is 339 g/mol. The average molecular weight is 339 g/mol. The number of anilines is 1. The van der Waals surface area contributed by atoms with Gasteiger partial charge in [0.25, 0.3) is 5.56 Å². The van der Waals surface area contributed by atoms with Crippen LogP contribution in [0.4, 0.5) is 5.13 Å². The Bertz CT molecular complexity index is 1110. The first kappa shape index (κ1) is 14.6. The van der Waals surface area contributed by atoms with E-state index in [2.05, 4.69) is 20.4 Å². The SMILES string of the molecule is Cc1ccc2[nH]c3c(=O)n(CC(=O)Nc4nccs4)ncc3c2c1. The van der Waals surface area contributed by atoms with Crippen LogP contribution in [0.1, 0.15) is 5.56 Å². The van der Waals surface area contributed by atoms with Crippen LogP contribution in [0.3, 0.4) is 0 Å². The highest BCUT2D eigenvalue weighted by Crippen LogP contribution is 2.23. The number of fused-ring (bicyclic) bond motifs is 3. The molecule has 3 heterocycles. The molecule has 3 aromatic heterocycles. The molecule has 0 saturated heterocycles. The molecule has 0 fully saturated rings. The van der Waals surface area contributed by atoms with Crippen molar-refractivity contribution in [3.05, 3.63) is 51.9 Å². The highest BCUT2D eigenvalue weighted by molar-refractivity contribution is 7.13. The van der Waals surface area contributed by atoms with Crippen LogP contribution in [0.25, 0.3) is 21.8 Å². The predicted molar refractivity (Wildman–Crippen MR) is 93.3 cm³/mol. The maximum Gasteiger partial charge on any atom is 0.291 e. The number of aryl methyl sites for hydroxylation is 1. The number of amides is 1. The maximum atomic E-state index is 12.6. The van der Waals surface area contributed by atoms with Crippen LogP contribution in [0.15, 0.2) is 40.8 Å². The smallest absolute Gasteiger partial charge is 0.291 e.